The van der Waals surface area contributed by atoms with Gasteiger partial charge in [0.15, 0.2) is 0 Å². The van der Waals surface area contributed by atoms with Crippen LogP contribution in [0, 0.1) is 0 Å². The summed E-state index contributed by atoms with van der Waals surface area (Å²) in [4.78, 5) is 20.4. The summed E-state index contributed by atoms with van der Waals surface area (Å²) >= 11 is 0. The molecule has 0 radical (unpaired) electrons. The Balaban J connectivity index is 2.55. The molecular weight excluding hydrogens is 228 g/mol. The van der Waals surface area contributed by atoms with Gasteiger partial charge in [0.05, 0.1) is 0 Å². The van der Waals surface area contributed by atoms with Crippen LogP contribution in [-0.4, -0.2) is 93.1 Å². The van der Waals surface area contributed by atoms with Gasteiger partial charge in [0.2, 0.25) is 0 Å². The van der Waals surface area contributed by atoms with Gasteiger partial charge in [-0.3, -0.25) is 0 Å². The molecule has 0 spiro atoms. The lowest BCUT2D eigenvalue weighted by atomic mass is 10.3. The van der Waals surface area contributed by atoms with Crippen LogP contribution in [0.3, 0.4) is 0 Å². The predicted octanol–water partition coefficient (Wildman–Crippen LogP) is 0.627. The van der Waals surface area contributed by atoms with Gasteiger partial charge < -0.3 is 19.6 Å². The van der Waals surface area contributed by atoms with Crippen molar-refractivity contribution < 1.29 is 4.79 Å². The molecule has 0 saturated carbocycles. The zero-order chi connectivity index (χ0) is 13.5. The van der Waals surface area contributed by atoms with E-state index < -0.39 is 0 Å². The SMILES string of the molecule is CN1CCCN(C(=O)N(C)C)CCCN(C)CC1. The Labute approximate surface area is 111 Å². The number of urea groups is 1. The van der Waals surface area contributed by atoms with Gasteiger partial charge in [0.1, 0.15) is 0 Å². The second-order valence-electron chi connectivity index (χ2n) is 5.48. The Morgan fingerprint density at radius 3 is 1.67 bits per heavy atom. The third-order valence-electron chi connectivity index (χ3n) is 3.45. The first-order valence-corrected chi connectivity index (χ1v) is 6.84. The van der Waals surface area contributed by atoms with Crippen LogP contribution in [0.5, 0.6) is 0 Å². The number of hydrogen-bond acceptors (Lipinski definition) is 3. The van der Waals surface area contributed by atoms with Crippen molar-refractivity contribution in [2.24, 2.45) is 0 Å². The minimum absolute atomic E-state index is 0.138. The van der Waals surface area contributed by atoms with E-state index in [2.05, 4.69) is 23.9 Å². The summed E-state index contributed by atoms with van der Waals surface area (Å²) in [6.45, 7) is 6.07. The fourth-order valence-corrected chi connectivity index (χ4v) is 2.21. The van der Waals surface area contributed by atoms with Crippen LogP contribution in [0.1, 0.15) is 12.8 Å². The van der Waals surface area contributed by atoms with Crippen molar-refractivity contribution in [2.75, 3.05) is 67.5 Å². The molecule has 5 nitrogen and oxygen atoms in total. The van der Waals surface area contributed by atoms with E-state index in [9.17, 15) is 4.79 Å². The molecule has 0 unspecified atom stereocenters. The van der Waals surface area contributed by atoms with E-state index in [0.717, 1.165) is 52.1 Å². The number of rotatable bonds is 0. The lowest BCUT2D eigenvalue weighted by Crippen LogP contribution is -2.41. The first-order chi connectivity index (χ1) is 8.50. The summed E-state index contributed by atoms with van der Waals surface area (Å²) in [6, 6.07) is 0.138. The number of carbonyl (C=O) groups is 1. The Morgan fingerprint density at radius 2 is 1.28 bits per heavy atom. The van der Waals surface area contributed by atoms with E-state index in [-0.39, 0.29) is 6.03 Å². The lowest BCUT2D eigenvalue weighted by molar-refractivity contribution is 0.167. The van der Waals surface area contributed by atoms with E-state index in [4.69, 9.17) is 0 Å². The average molecular weight is 256 g/mol. The average Bonchev–Trinajstić information content (AvgIpc) is 2.35. The molecule has 1 rings (SSSR count). The topological polar surface area (TPSA) is 30.0 Å². The van der Waals surface area contributed by atoms with Crippen LogP contribution in [0.25, 0.3) is 0 Å². The molecule has 5 heteroatoms. The normalized spacial score (nSPS) is 21.4. The van der Waals surface area contributed by atoms with Crippen molar-refractivity contribution in [3.63, 3.8) is 0 Å². The Kier molecular flexibility index (Phi) is 6.43. The zero-order valence-electron chi connectivity index (χ0n) is 12.4. The molecule has 18 heavy (non-hydrogen) atoms. The highest BCUT2D eigenvalue weighted by Crippen LogP contribution is 2.03. The van der Waals surface area contributed by atoms with Crippen LogP contribution in [-0.2, 0) is 0 Å². The highest BCUT2D eigenvalue weighted by atomic mass is 16.2. The van der Waals surface area contributed by atoms with E-state index in [1.54, 1.807) is 4.90 Å². The van der Waals surface area contributed by atoms with Gasteiger partial charge in [-0.1, -0.05) is 0 Å². The monoisotopic (exact) mass is 256 g/mol. The molecule has 1 aliphatic heterocycles. The van der Waals surface area contributed by atoms with Gasteiger partial charge in [-0.2, -0.15) is 0 Å². The number of hydrogen-bond donors (Lipinski definition) is 0. The summed E-state index contributed by atoms with van der Waals surface area (Å²) in [6.07, 6.45) is 2.11. The number of carbonyl (C=O) groups excluding carboxylic acids is 1. The summed E-state index contributed by atoms with van der Waals surface area (Å²) in [7, 11) is 7.96. The third kappa shape index (κ3) is 5.23. The summed E-state index contributed by atoms with van der Waals surface area (Å²) in [5.41, 5.74) is 0. The summed E-state index contributed by atoms with van der Waals surface area (Å²) in [5.74, 6) is 0. The molecule has 2 amide bonds. The fraction of sp³-hybridized carbons (Fsp3) is 0.923. The Bertz CT molecular complexity index is 241. The smallest absolute Gasteiger partial charge is 0.319 e. The highest BCUT2D eigenvalue weighted by Gasteiger charge is 2.16. The second-order valence-corrected chi connectivity index (χ2v) is 5.48. The molecule has 1 heterocycles. The van der Waals surface area contributed by atoms with E-state index in [0.29, 0.717) is 0 Å². The number of likely N-dealkylation sites (N-methyl/N-ethyl adjacent to an activating group) is 2. The van der Waals surface area contributed by atoms with E-state index in [1.165, 1.54) is 0 Å². The minimum Gasteiger partial charge on any atom is -0.331 e. The van der Waals surface area contributed by atoms with Gasteiger partial charge in [-0.25, -0.2) is 4.79 Å². The molecular formula is C13H28N4O. The summed E-state index contributed by atoms with van der Waals surface area (Å²) < 4.78 is 0. The second kappa shape index (κ2) is 7.59. The Hall–Kier alpha value is -0.810. The first-order valence-electron chi connectivity index (χ1n) is 6.84. The zero-order valence-corrected chi connectivity index (χ0v) is 12.4. The molecule has 0 aromatic heterocycles. The molecule has 0 atom stereocenters. The quantitative estimate of drug-likeness (QED) is 0.637. The van der Waals surface area contributed by atoms with Crippen molar-refractivity contribution >= 4 is 6.03 Å². The standard InChI is InChI=1S/C13H28N4O/c1-14(2)13(18)17-9-5-7-15(3)11-12-16(4)8-6-10-17/h5-12H2,1-4H3. The van der Waals surface area contributed by atoms with Crippen LogP contribution in [0.15, 0.2) is 0 Å². The fourth-order valence-electron chi connectivity index (χ4n) is 2.21. The first kappa shape index (κ1) is 15.2. The molecule has 0 bridgehead atoms. The van der Waals surface area contributed by atoms with Crippen molar-refractivity contribution in [2.45, 2.75) is 12.8 Å². The maximum Gasteiger partial charge on any atom is 0.319 e. The van der Waals surface area contributed by atoms with Crippen molar-refractivity contribution in [1.82, 2.24) is 19.6 Å². The highest BCUT2D eigenvalue weighted by molar-refractivity contribution is 5.73. The molecule has 0 aromatic rings. The maximum atomic E-state index is 12.0. The van der Waals surface area contributed by atoms with Crippen molar-refractivity contribution in [3.05, 3.63) is 0 Å². The minimum atomic E-state index is 0.138. The molecule has 106 valence electrons. The van der Waals surface area contributed by atoms with Crippen LogP contribution in [0.4, 0.5) is 4.79 Å². The molecule has 1 aliphatic rings. The number of amides is 2. The predicted molar refractivity (Wildman–Crippen MR) is 74.9 cm³/mol. The van der Waals surface area contributed by atoms with Gasteiger partial charge in [-0.15, -0.1) is 0 Å². The van der Waals surface area contributed by atoms with Crippen molar-refractivity contribution in [3.8, 4) is 0 Å². The van der Waals surface area contributed by atoms with Gasteiger partial charge in [-0.05, 0) is 40.0 Å². The Morgan fingerprint density at radius 1 is 0.833 bits per heavy atom. The molecule has 1 fully saturated rings. The van der Waals surface area contributed by atoms with Gasteiger partial charge in [0.25, 0.3) is 0 Å². The van der Waals surface area contributed by atoms with Crippen molar-refractivity contribution in [1.29, 1.82) is 0 Å². The lowest BCUT2D eigenvalue weighted by Gasteiger charge is -2.26. The molecule has 1 saturated heterocycles. The molecule has 0 N–H and O–H groups in total. The molecule has 0 aliphatic carbocycles. The maximum absolute atomic E-state index is 12.0. The van der Waals surface area contributed by atoms with Crippen LogP contribution in [0.2, 0.25) is 0 Å². The van der Waals surface area contributed by atoms with Gasteiger partial charge >= 0.3 is 6.03 Å². The van der Waals surface area contributed by atoms with Crippen LogP contribution < -0.4 is 0 Å². The summed E-state index contributed by atoms with van der Waals surface area (Å²) in [5, 5.41) is 0. The van der Waals surface area contributed by atoms with Gasteiger partial charge in [0, 0.05) is 40.3 Å². The van der Waals surface area contributed by atoms with E-state index in [1.807, 2.05) is 19.0 Å². The molecule has 0 aromatic carbocycles. The largest absolute Gasteiger partial charge is 0.331 e. The number of nitrogens with zero attached hydrogens (tertiary/aromatic N) is 4. The van der Waals surface area contributed by atoms with Crippen LogP contribution >= 0.6 is 0 Å². The third-order valence-corrected chi connectivity index (χ3v) is 3.45. The van der Waals surface area contributed by atoms with E-state index >= 15 is 0 Å².